The van der Waals surface area contributed by atoms with Crippen LogP contribution >= 0.6 is 11.3 Å². The fourth-order valence-electron chi connectivity index (χ4n) is 1.33. The summed E-state index contributed by atoms with van der Waals surface area (Å²) in [5.41, 5.74) is 0. The Labute approximate surface area is 107 Å². The maximum Gasteiger partial charge on any atom is 0.346 e. The minimum Gasteiger partial charge on any atom is -0.483 e. The Balaban J connectivity index is 1.91. The first-order valence-corrected chi connectivity index (χ1v) is 6.33. The van der Waals surface area contributed by atoms with Crippen LogP contribution in [0.1, 0.15) is 34.7 Å². The van der Waals surface area contributed by atoms with Gasteiger partial charge in [-0.1, -0.05) is 12.1 Å². The average Bonchev–Trinajstić information content (AvgIpc) is 2.95. The van der Waals surface area contributed by atoms with Gasteiger partial charge in [0.2, 0.25) is 0 Å². The van der Waals surface area contributed by atoms with Crippen LogP contribution in [-0.4, -0.2) is 21.2 Å². The molecule has 6 nitrogen and oxygen atoms in total. The maximum absolute atomic E-state index is 10.7. The van der Waals surface area contributed by atoms with Crippen molar-refractivity contribution in [1.82, 2.24) is 10.1 Å². The Kier molecular flexibility index (Phi) is 3.93. The van der Waals surface area contributed by atoms with Gasteiger partial charge in [0.25, 0.3) is 5.89 Å². The SMILES string of the molecule is CCCc1noc(COc2csc(C(=O)O)c2)n1. The van der Waals surface area contributed by atoms with E-state index >= 15 is 0 Å². The molecule has 2 aromatic heterocycles. The van der Waals surface area contributed by atoms with Gasteiger partial charge in [-0.3, -0.25) is 0 Å². The van der Waals surface area contributed by atoms with Gasteiger partial charge in [0.05, 0.1) is 0 Å². The number of aromatic carboxylic acids is 1. The van der Waals surface area contributed by atoms with E-state index in [1.165, 1.54) is 6.07 Å². The summed E-state index contributed by atoms with van der Waals surface area (Å²) in [6, 6.07) is 1.47. The van der Waals surface area contributed by atoms with Crippen molar-refractivity contribution in [3.63, 3.8) is 0 Å². The summed E-state index contributed by atoms with van der Waals surface area (Å²) in [6.45, 7) is 2.18. The van der Waals surface area contributed by atoms with Gasteiger partial charge in [0, 0.05) is 17.9 Å². The first-order valence-electron chi connectivity index (χ1n) is 5.45. The summed E-state index contributed by atoms with van der Waals surface area (Å²) < 4.78 is 10.4. The first kappa shape index (κ1) is 12.6. The van der Waals surface area contributed by atoms with Gasteiger partial charge in [-0.2, -0.15) is 4.98 Å². The van der Waals surface area contributed by atoms with Gasteiger partial charge in [0.1, 0.15) is 10.6 Å². The summed E-state index contributed by atoms with van der Waals surface area (Å²) in [7, 11) is 0. The van der Waals surface area contributed by atoms with Crippen molar-refractivity contribution >= 4 is 17.3 Å². The van der Waals surface area contributed by atoms with Gasteiger partial charge < -0.3 is 14.4 Å². The minimum absolute atomic E-state index is 0.145. The van der Waals surface area contributed by atoms with Crippen LogP contribution in [0, 0.1) is 0 Å². The second kappa shape index (κ2) is 5.63. The predicted molar refractivity (Wildman–Crippen MR) is 63.9 cm³/mol. The molecule has 0 saturated heterocycles. The molecular weight excluding hydrogens is 256 g/mol. The molecule has 0 aliphatic carbocycles. The number of hydrogen-bond acceptors (Lipinski definition) is 6. The molecular formula is C11H12N2O4S. The number of thiophene rings is 1. The number of rotatable bonds is 6. The van der Waals surface area contributed by atoms with E-state index in [2.05, 4.69) is 10.1 Å². The second-order valence-electron chi connectivity index (χ2n) is 3.59. The molecule has 1 N–H and O–H groups in total. The lowest BCUT2D eigenvalue weighted by molar-refractivity contribution is 0.0702. The highest BCUT2D eigenvalue weighted by Crippen LogP contribution is 2.22. The molecule has 18 heavy (non-hydrogen) atoms. The van der Waals surface area contributed by atoms with E-state index in [4.69, 9.17) is 14.4 Å². The molecule has 2 aromatic rings. The molecule has 96 valence electrons. The minimum atomic E-state index is -0.960. The Bertz CT molecular complexity index is 535. The summed E-state index contributed by atoms with van der Waals surface area (Å²) in [6.07, 6.45) is 1.72. The molecule has 0 aromatic carbocycles. The molecule has 2 rings (SSSR count). The molecule has 0 amide bonds. The van der Waals surface area contributed by atoms with Crippen LogP contribution in [0.3, 0.4) is 0 Å². The molecule has 0 fully saturated rings. The summed E-state index contributed by atoms with van der Waals surface area (Å²) in [5, 5.41) is 14.2. The summed E-state index contributed by atoms with van der Waals surface area (Å²) in [5.74, 6) is 0.583. The van der Waals surface area contributed by atoms with Crippen LogP contribution in [0.5, 0.6) is 5.75 Å². The quantitative estimate of drug-likeness (QED) is 0.865. The molecule has 2 heterocycles. The number of aromatic nitrogens is 2. The summed E-state index contributed by atoms with van der Waals surface area (Å²) in [4.78, 5) is 15.1. The van der Waals surface area contributed by atoms with Crippen molar-refractivity contribution in [2.75, 3.05) is 0 Å². The van der Waals surface area contributed by atoms with E-state index in [9.17, 15) is 4.79 Å². The molecule has 7 heteroatoms. The molecule has 0 atom stereocenters. The van der Waals surface area contributed by atoms with E-state index in [1.807, 2.05) is 6.92 Å². The fraction of sp³-hybridized carbons (Fsp3) is 0.364. The van der Waals surface area contributed by atoms with Crippen molar-refractivity contribution in [1.29, 1.82) is 0 Å². The fourth-order valence-corrected chi connectivity index (χ4v) is 1.99. The summed E-state index contributed by atoms with van der Waals surface area (Å²) >= 11 is 1.11. The highest BCUT2D eigenvalue weighted by Gasteiger charge is 2.10. The van der Waals surface area contributed by atoms with Crippen LogP contribution in [0.4, 0.5) is 0 Å². The highest BCUT2D eigenvalue weighted by atomic mass is 32.1. The third kappa shape index (κ3) is 3.07. The van der Waals surface area contributed by atoms with E-state index in [-0.39, 0.29) is 11.5 Å². The molecule has 0 aliphatic heterocycles. The third-order valence-electron chi connectivity index (χ3n) is 2.13. The molecule has 0 spiro atoms. The van der Waals surface area contributed by atoms with Gasteiger partial charge in [-0.15, -0.1) is 11.3 Å². The normalized spacial score (nSPS) is 10.5. The van der Waals surface area contributed by atoms with E-state index in [0.717, 1.165) is 24.2 Å². The maximum atomic E-state index is 10.7. The molecule has 0 unspecified atom stereocenters. The number of hydrogen-bond donors (Lipinski definition) is 1. The van der Waals surface area contributed by atoms with E-state index < -0.39 is 5.97 Å². The van der Waals surface area contributed by atoms with Gasteiger partial charge in [0.15, 0.2) is 12.4 Å². The first-order chi connectivity index (χ1) is 8.69. The molecule has 0 bridgehead atoms. The zero-order chi connectivity index (χ0) is 13.0. The van der Waals surface area contributed by atoms with Crippen molar-refractivity contribution in [3.05, 3.63) is 28.0 Å². The lowest BCUT2D eigenvalue weighted by Gasteiger charge is -1.97. The zero-order valence-corrected chi connectivity index (χ0v) is 10.6. The Morgan fingerprint density at radius 1 is 1.61 bits per heavy atom. The van der Waals surface area contributed by atoms with Crippen LogP contribution < -0.4 is 4.74 Å². The standard InChI is InChI=1S/C11H12N2O4S/c1-2-3-9-12-10(17-13-9)5-16-7-4-8(11(14)15)18-6-7/h4,6H,2-3,5H2,1H3,(H,14,15). The van der Waals surface area contributed by atoms with Gasteiger partial charge in [-0.25, -0.2) is 4.79 Å². The van der Waals surface area contributed by atoms with E-state index in [0.29, 0.717) is 17.5 Å². The molecule has 0 radical (unpaired) electrons. The predicted octanol–water partition coefficient (Wildman–Crippen LogP) is 2.36. The van der Waals surface area contributed by atoms with Gasteiger partial charge >= 0.3 is 5.97 Å². The second-order valence-corrected chi connectivity index (χ2v) is 4.51. The van der Waals surface area contributed by atoms with Crippen LogP contribution in [0.25, 0.3) is 0 Å². The van der Waals surface area contributed by atoms with Crippen LogP contribution in [-0.2, 0) is 13.0 Å². The number of carboxylic acid groups (broad SMARTS) is 1. The lowest BCUT2D eigenvalue weighted by atomic mass is 10.3. The monoisotopic (exact) mass is 268 g/mol. The number of aryl methyl sites for hydroxylation is 1. The number of ether oxygens (including phenoxy) is 1. The number of carboxylic acids is 1. The van der Waals surface area contributed by atoms with E-state index in [1.54, 1.807) is 5.38 Å². The largest absolute Gasteiger partial charge is 0.483 e. The topological polar surface area (TPSA) is 85.5 Å². The van der Waals surface area contributed by atoms with Crippen LogP contribution in [0.2, 0.25) is 0 Å². The Hall–Kier alpha value is -1.89. The number of nitrogens with zero attached hydrogens (tertiary/aromatic N) is 2. The Morgan fingerprint density at radius 2 is 2.44 bits per heavy atom. The van der Waals surface area contributed by atoms with Crippen molar-refractivity contribution in [3.8, 4) is 5.75 Å². The molecule has 0 aliphatic rings. The smallest absolute Gasteiger partial charge is 0.346 e. The molecule has 0 saturated carbocycles. The third-order valence-corrected chi connectivity index (χ3v) is 3.03. The number of carbonyl (C=O) groups is 1. The lowest BCUT2D eigenvalue weighted by Crippen LogP contribution is -1.96. The van der Waals surface area contributed by atoms with Crippen molar-refractivity contribution in [2.24, 2.45) is 0 Å². The average molecular weight is 268 g/mol. The van der Waals surface area contributed by atoms with Crippen LogP contribution in [0.15, 0.2) is 16.0 Å². The van der Waals surface area contributed by atoms with Crippen molar-refractivity contribution < 1.29 is 19.2 Å². The highest BCUT2D eigenvalue weighted by molar-refractivity contribution is 7.12. The van der Waals surface area contributed by atoms with Crippen molar-refractivity contribution in [2.45, 2.75) is 26.4 Å². The Morgan fingerprint density at radius 3 is 3.11 bits per heavy atom. The zero-order valence-electron chi connectivity index (χ0n) is 9.75. The van der Waals surface area contributed by atoms with Gasteiger partial charge in [-0.05, 0) is 6.42 Å².